The van der Waals surface area contributed by atoms with E-state index in [2.05, 4.69) is 41.6 Å². The number of carbonyl (C=O) groups is 2. The highest BCUT2D eigenvalue weighted by Gasteiger charge is 2.33. The molecule has 4 atom stereocenters. The van der Waals surface area contributed by atoms with E-state index in [0.717, 1.165) is 48.1 Å². The van der Waals surface area contributed by atoms with Crippen LogP contribution in [0.1, 0.15) is 47.7 Å². The van der Waals surface area contributed by atoms with Crippen molar-refractivity contribution in [2.24, 2.45) is 5.92 Å². The fraction of sp³-hybridized carbons (Fsp3) is 0.455. The summed E-state index contributed by atoms with van der Waals surface area (Å²) in [5.41, 5.74) is 3.97. The molecule has 232 valence electrons. The monoisotopic (exact) mass is 626 g/mol. The number of hydrogen-bond donors (Lipinski definition) is 2. The van der Waals surface area contributed by atoms with Gasteiger partial charge in [0, 0.05) is 42.1 Å². The van der Waals surface area contributed by atoms with E-state index < -0.39 is 27.8 Å². The average Bonchev–Trinajstić information content (AvgIpc) is 3.35. The Bertz CT molecular complexity index is 1490. The third-order valence-electron chi connectivity index (χ3n) is 8.17. The van der Waals surface area contributed by atoms with E-state index in [1.54, 1.807) is 6.07 Å². The van der Waals surface area contributed by atoms with Crippen LogP contribution in [-0.4, -0.2) is 79.1 Å². The van der Waals surface area contributed by atoms with Crippen molar-refractivity contribution in [3.05, 3.63) is 83.1 Å². The van der Waals surface area contributed by atoms with Crippen molar-refractivity contribution in [3.8, 4) is 11.1 Å². The molecule has 0 radical (unpaired) electrons. The molecule has 2 N–H and O–H groups in total. The molecule has 0 aromatic heterocycles. The van der Waals surface area contributed by atoms with E-state index in [4.69, 9.17) is 4.74 Å². The van der Waals surface area contributed by atoms with Gasteiger partial charge in [-0.3, -0.25) is 9.69 Å². The zero-order valence-electron chi connectivity index (χ0n) is 25.3. The summed E-state index contributed by atoms with van der Waals surface area (Å²) in [6, 6.07) is 12.4. The quantitative estimate of drug-likeness (QED) is 0.317. The highest BCUT2D eigenvalue weighted by atomic mass is 32.2. The van der Waals surface area contributed by atoms with Gasteiger partial charge in [-0.1, -0.05) is 49.4 Å². The molecule has 2 aromatic carbocycles. The van der Waals surface area contributed by atoms with E-state index >= 15 is 0 Å². The van der Waals surface area contributed by atoms with Crippen LogP contribution in [0.15, 0.2) is 66.5 Å². The number of amides is 1. The molecule has 2 aromatic rings. The Morgan fingerprint density at radius 3 is 2.63 bits per heavy atom. The Hall–Kier alpha value is -3.08. The first kappa shape index (κ1) is 32.8. The van der Waals surface area contributed by atoms with Crippen LogP contribution in [0.2, 0.25) is 0 Å². The number of carboxylic acids is 1. The first-order valence-electron chi connectivity index (χ1n) is 14.6. The third kappa shape index (κ3) is 8.97. The summed E-state index contributed by atoms with van der Waals surface area (Å²) >= 11 is 1.87. The molecule has 43 heavy (non-hydrogen) atoms. The zero-order valence-corrected chi connectivity index (χ0v) is 26.9. The molecule has 1 amide bonds. The second-order valence-electron chi connectivity index (χ2n) is 11.6. The molecule has 8 nitrogen and oxygen atoms in total. The van der Waals surface area contributed by atoms with Crippen LogP contribution < -0.4 is 5.32 Å². The third-order valence-corrected chi connectivity index (χ3v) is 10.2. The number of nitrogens with one attached hydrogen (secondary N) is 1. The smallest absolute Gasteiger partial charge is 0.326 e. The van der Waals surface area contributed by atoms with Gasteiger partial charge in [0.05, 0.1) is 11.5 Å². The second kappa shape index (κ2) is 14.6. The predicted molar refractivity (Wildman–Crippen MR) is 173 cm³/mol. The van der Waals surface area contributed by atoms with E-state index in [0.29, 0.717) is 35.4 Å². The Morgan fingerprint density at radius 1 is 1.19 bits per heavy atom. The summed E-state index contributed by atoms with van der Waals surface area (Å²) in [7, 11) is -3.39. The van der Waals surface area contributed by atoms with Gasteiger partial charge >= 0.3 is 5.97 Å². The van der Waals surface area contributed by atoms with Crippen molar-refractivity contribution in [2.45, 2.75) is 57.0 Å². The van der Waals surface area contributed by atoms with Gasteiger partial charge in [0.2, 0.25) is 0 Å². The number of nitrogens with zero attached hydrogens (tertiary/aromatic N) is 1. The first-order chi connectivity index (χ1) is 20.4. The van der Waals surface area contributed by atoms with Gasteiger partial charge in [0.25, 0.3) is 5.91 Å². The highest BCUT2D eigenvalue weighted by Crippen LogP contribution is 2.32. The summed E-state index contributed by atoms with van der Waals surface area (Å²) in [5.74, 6) is -0.754. The molecule has 1 aliphatic carbocycles. The van der Waals surface area contributed by atoms with E-state index in [1.807, 2.05) is 55.1 Å². The maximum absolute atomic E-state index is 13.5. The number of carboxylic acid groups (broad SMARTS) is 1. The lowest BCUT2D eigenvalue weighted by atomic mass is 9.93. The number of carbonyl (C=O) groups excluding carboxylic acids is 1. The summed E-state index contributed by atoms with van der Waals surface area (Å²) in [4.78, 5) is 27.8. The lowest BCUT2D eigenvalue weighted by molar-refractivity contribution is -0.139. The van der Waals surface area contributed by atoms with E-state index in [-0.39, 0.29) is 18.2 Å². The van der Waals surface area contributed by atoms with Crippen LogP contribution in [0.5, 0.6) is 0 Å². The number of benzene rings is 2. The van der Waals surface area contributed by atoms with Crippen molar-refractivity contribution in [1.29, 1.82) is 0 Å². The van der Waals surface area contributed by atoms with Crippen molar-refractivity contribution < 1.29 is 27.9 Å². The minimum atomic E-state index is -3.39. The molecule has 1 fully saturated rings. The fourth-order valence-corrected chi connectivity index (χ4v) is 7.05. The molecular formula is C33H42N2O6S2. The van der Waals surface area contributed by atoms with Crippen molar-refractivity contribution >= 4 is 33.5 Å². The lowest BCUT2D eigenvalue weighted by Crippen LogP contribution is -2.42. The molecule has 0 spiro atoms. The standard InChI is InChI=1S/C33H42N2O6S2/c1-22-9-5-7-11-27(22)29-17-24(13-14-28(29)32(36)34-30(33(37)38)15-16-43(4,39)40)19-35-20-26(42-3)18-25(35)21-41-31-12-8-6-10-23(31)2/h5-9,11-14,17,23,25-26,30H,10,15-16,18-21H2,1-4H3,(H,34,36)(H,37,38)/t23?,25-,26-,30+/m1/s1. The maximum Gasteiger partial charge on any atom is 0.326 e. The van der Waals surface area contributed by atoms with Gasteiger partial charge in [-0.2, -0.15) is 11.8 Å². The van der Waals surface area contributed by atoms with Crippen LogP contribution >= 0.6 is 11.8 Å². The number of thioether (sulfide) groups is 1. The molecule has 4 rings (SSSR count). The topological polar surface area (TPSA) is 113 Å². The van der Waals surface area contributed by atoms with Crippen LogP contribution in [0.4, 0.5) is 0 Å². The lowest BCUT2D eigenvalue weighted by Gasteiger charge is -2.27. The Kier molecular flexibility index (Phi) is 11.1. The largest absolute Gasteiger partial charge is 0.496 e. The number of likely N-dealkylation sites (tertiary alicyclic amines) is 1. The fourth-order valence-electron chi connectivity index (χ4n) is 5.63. The van der Waals surface area contributed by atoms with Crippen molar-refractivity contribution in [3.63, 3.8) is 0 Å². The van der Waals surface area contributed by atoms with Gasteiger partial charge in [-0.15, -0.1) is 0 Å². The van der Waals surface area contributed by atoms with Crippen LogP contribution in [0.3, 0.4) is 0 Å². The normalized spacial score (nSPS) is 21.3. The minimum Gasteiger partial charge on any atom is -0.496 e. The van der Waals surface area contributed by atoms with Gasteiger partial charge in [0.15, 0.2) is 0 Å². The Balaban J connectivity index is 1.59. The Morgan fingerprint density at radius 2 is 1.95 bits per heavy atom. The minimum absolute atomic E-state index is 0.210. The summed E-state index contributed by atoms with van der Waals surface area (Å²) in [6.07, 6.45) is 11.3. The first-order valence-corrected chi connectivity index (χ1v) is 18.0. The number of aliphatic carboxylic acids is 1. The molecule has 10 heteroatoms. The number of rotatable bonds is 13. The number of aryl methyl sites for hydroxylation is 1. The maximum atomic E-state index is 13.5. The number of sulfone groups is 1. The van der Waals surface area contributed by atoms with Gasteiger partial charge < -0.3 is 15.2 Å². The average molecular weight is 627 g/mol. The molecule has 1 unspecified atom stereocenters. The predicted octanol–water partition coefficient (Wildman–Crippen LogP) is 5.08. The molecular weight excluding hydrogens is 585 g/mol. The number of allylic oxidation sites excluding steroid dienone is 4. The van der Waals surface area contributed by atoms with Crippen LogP contribution in [0.25, 0.3) is 11.1 Å². The molecule has 2 aliphatic rings. The van der Waals surface area contributed by atoms with E-state index in [1.165, 1.54) is 0 Å². The SMILES string of the molecule is CS[C@@H]1C[C@H](COC2=CC=CCC2C)N(Cc2ccc(C(=O)N[C@@H](CCS(C)(=O)=O)C(=O)O)c(-c3ccccc3C)c2)C1. The zero-order chi connectivity index (χ0) is 31.1. The number of hydrogen-bond acceptors (Lipinski definition) is 7. The molecule has 0 bridgehead atoms. The van der Waals surface area contributed by atoms with Crippen molar-refractivity contribution in [2.75, 3.05) is 31.4 Å². The van der Waals surface area contributed by atoms with Crippen LogP contribution in [0, 0.1) is 12.8 Å². The summed E-state index contributed by atoms with van der Waals surface area (Å²) in [5, 5.41) is 12.7. The Labute approximate surface area is 259 Å². The van der Waals surface area contributed by atoms with E-state index in [9.17, 15) is 23.1 Å². The van der Waals surface area contributed by atoms with Crippen LogP contribution in [-0.2, 0) is 25.9 Å². The number of ether oxygens (including phenoxy) is 1. The summed E-state index contributed by atoms with van der Waals surface area (Å²) in [6.45, 7) is 6.40. The summed E-state index contributed by atoms with van der Waals surface area (Å²) < 4.78 is 29.6. The highest BCUT2D eigenvalue weighted by molar-refractivity contribution is 7.99. The molecule has 1 aliphatic heterocycles. The second-order valence-corrected chi connectivity index (χ2v) is 15.0. The molecule has 0 saturated carbocycles. The molecule has 1 heterocycles. The van der Waals surface area contributed by atoms with Gasteiger partial charge in [0.1, 0.15) is 22.5 Å². The molecule has 1 saturated heterocycles. The van der Waals surface area contributed by atoms with Gasteiger partial charge in [-0.05, 0) is 72.9 Å². The van der Waals surface area contributed by atoms with Crippen molar-refractivity contribution in [1.82, 2.24) is 10.2 Å². The van der Waals surface area contributed by atoms with Gasteiger partial charge in [-0.25, -0.2) is 13.2 Å².